The summed E-state index contributed by atoms with van der Waals surface area (Å²) in [5, 5.41) is -0.0290. The van der Waals surface area contributed by atoms with Crippen LogP contribution in [-0.4, -0.2) is 17.9 Å². The highest BCUT2D eigenvalue weighted by atomic mass is 35.5. The van der Waals surface area contributed by atoms with Crippen LogP contribution < -0.4 is 4.74 Å². The third-order valence-corrected chi connectivity index (χ3v) is 3.07. The molecule has 2 rings (SSSR count). The number of carbonyl (C=O) groups excluding carboxylic acids is 1. The zero-order valence-electron chi connectivity index (χ0n) is 10.2. The Kier molecular flexibility index (Phi) is 4.12. The van der Waals surface area contributed by atoms with E-state index in [1.54, 1.807) is 18.2 Å². The van der Waals surface area contributed by atoms with Crippen molar-refractivity contribution in [3.8, 4) is 5.88 Å². The van der Waals surface area contributed by atoms with Gasteiger partial charge in [-0.05, 0) is 23.8 Å². The molecule has 0 aliphatic heterocycles. The van der Waals surface area contributed by atoms with E-state index in [9.17, 15) is 9.18 Å². The number of rotatable bonds is 4. The van der Waals surface area contributed by atoms with Crippen LogP contribution >= 0.6 is 11.6 Å². The lowest BCUT2D eigenvalue weighted by molar-refractivity contribution is 0.0989. The van der Waals surface area contributed by atoms with E-state index in [1.807, 2.05) is 0 Å². The smallest absolute Gasteiger partial charge is 0.224 e. The Labute approximate surface area is 115 Å². The lowest BCUT2D eigenvalue weighted by atomic mass is 10.0. The van der Waals surface area contributed by atoms with Crippen molar-refractivity contribution in [3.63, 3.8) is 0 Å². The summed E-state index contributed by atoms with van der Waals surface area (Å²) in [6.45, 7) is 0. The van der Waals surface area contributed by atoms with Gasteiger partial charge in [0.25, 0.3) is 0 Å². The molecule has 2 aromatic rings. The summed E-state index contributed by atoms with van der Waals surface area (Å²) in [5.74, 6) is -0.511. The quantitative estimate of drug-likeness (QED) is 0.806. The largest absolute Gasteiger partial charge is 0.480 e. The second kappa shape index (κ2) is 5.80. The van der Waals surface area contributed by atoms with Gasteiger partial charge in [0.15, 0.2) is 5.78 Å². The Hall–Kier alpha value is -1.94. The maximum absolute atomic E-state index is 13.3. The summed E-state index contributed by atoms with van der Waals surface area (Å²) in [7, 11) is 1.44. The molecule has 98 valence electrons. The molecule has 1 aromatic heterocycles. The number of hydrogen-bond acceptors (Lipinski definition) is 3. The van der Waals surface area contributed by atoms with E-state index in [0.717, 1.165) is 0 Å². The number of ketones is 1. The molecule has 0 radical (unpaired) electrons. The van der Waals surface area contributed by atoms with Crippen molar-refractivity contribution in [2.45, 2.75) is 6.42 Å². The zero-order valence-corrected chi connectivity index (χ0v) is 10.9. The van der Waals surface area contributed by atoms with Gasteiger partial charge in [-0.1, -0.05) is 23.7 Å². The van der Waals surface area contributed by atoms with Gasteiger partial charge in [-0.25, -0.2) is 9.37 Å². The molecule has 0 aliphatic rings. The number of methoxy groups -OCH3 is 1. The fourth-order valence-electron chi connectivity index (χ4n) is 1.72. The van der Waals surface area contributed by atoms with Crippen LogP contribution in [0.5, 0.6) is 5.88 Å². The fraction of sp³-hybridized carbons (Fsp3) is 0.143. The Bertz CT molecular complexity index is 616. The molecule has 3 nitrogen and oxygen atoms in total. The molecule has 19 heavy (non-hydrogen) atoms. The van der Waals surface area contributed by atoms with Crippen LogP contribution in [0.2, 0.25) is 5.02 Å². The first-order valence-electron chi connectivity index (χ1n) is 5.58. The fourth-order valence-corrected chi connectivity index (χ4v) is 1.91. The second-order valence-corrected chi connectivity index (χ2v) is 4.25. The molecule has 0 saturated heterocycles. The van der Waals surface area contributed by atoms with Crippen LogP contribution in [-0.2, 0) is 6.42 Å². The lowest BCUT2D eigenvalue weighted by Crippen LogP contribution is -2.07. The van der Waals surface area contributed by atoms with Gasteiger partial charge < -0.3 is 4.74 Å². The van der Waals surface area contributed by atoms with Crippen molar-refractivity contribution in [1.82, 2.24) is 4.98 Å². The predicted octanol–water partition coefficient (Wildman–Crippen LogP) is 3.31. The summed E-state index contributed by atoms with van der Waals surface area (Å²) >= 11 is 5.82. The van der Waals surface area contributed by atoms with Crippen LogP contribution in [0, 0.1) is 5.82 Å². The number of halogens is 2. The van der Waals surface area contributed by atoms with Gasteiger partial charge in [0, 0.05) is 12.6 Å². The third-order valence-electron chi connectivity index (χ3n) is 2.65. The van der Waals surface area contributed by atoms with Gasteiger partial charge in [0.05, 0.1) is 17.7 Å². The normalized spacial score (nSPS) is 10.3. The zero-order chi connectivity index (χ0) is 13.8. The molecule has 0 saturated carbocycles. The average molecular weight is 280 g/mol. The van der Waals surface area contributed by atoms with E-state index in [-0.39, 0.29) is 23.1 Å². The number of carbonyl (C=O) groups is 1. The minimum absolute atomic E-state index is 0.00134. The number of ether oxygens (including phenoxy) is 1. The van der Waals surface area contributed by atoms with E-state index in [2.05, 4.69) is 4.98 Å². The third kappa shape index (κ3) is 2.90. The number of nitrogens with zero attached hydrogens (tertiary/aromatic N) is 1. The Balaban J connectivity index is 2.28. The average Bonchev–Trinajstić information content (AvgIpc) is 2.43. The first kappa shape index (κ1) is 13.5. The summed E-state index contributed by atoms with van der Waals surface area (Å²) in [4.78, 5) is 16.1. The van der Waals surface area contributed by atoms with Gasteiger partial charge >= 0.3 is 0 Å². The summed E-state index contributed by atoms with van der Waals surface area (Å²) in [5.41, 5.74) is 0.794. The van der Waals surface area contributed by atoms with Gasteiger partial charge in [0.2, 0.25) is 5.88 Å². The van der Waals surface area contributed by atoms with Gasteiger partial charge in [0.1, 0.15) is 5.82 Å². The first-order valence-corrected chi connectivity index (χ1v) is 5.96. The SMILES string of the molecule is COc1ncccc1C(=O)Cc1cccc(F)c1Cl. The Morgan fingerprint density at radius 3 is 2.89 bits per heavy atom. The molecule has 0 bridgehead atoms. The molecule has 0 atom stereocenters. The highest BCUT2D eigenvalue weighted by molar-refractivity contribution is 6.31. The van der Waals surface area contributed by atoms with Crippen LogP contribution in [0.1, 0.15) is 15.9 Å². The minimum Gasteiger partial charge on any atom is -0.480 e. The Morgan fingerprint density at radius 1 is 1.37 bits per heavy atom. The summed E-state index contributed by atoms with van der Waals surface area (Å²) in [6, 6.07) is 7.64. The van der Waals surface area contributed by atoms with Crippen LogP contribution in [0.25, 0.3) is 0 Å². The van der Waals surface area contributed by atoms with Crippen molar-refractivity contribution in [2.24, 2.45) is 0 Å². The van der Waals surface area contributed by atoms with Crippen molar-refractivity contribution < 1.29 is 13.9 Å². The number of hydrogen-bond donors (Lipinski definition) is 0. The molecule has 0 unspecified atom stereocenters. The molecule has 0 aliphatic carbocycles. The minimum atomic E-state index is -0.537. The van der Waals surface area contributed by atoms with Crippen molar-refractivity contribution in [1.29, 1.82) is 0 Å². The van der Waals surface area contributed by atoms with Gasteiger partial charge in [-0.15, -0.1) is 0 Å². The molecular formula is C14H11ClFNO2. The standard InChI is InChI=1S/C14H11ClFNO2/c1-19-14-10(5-3-7-17-14)12(18)8-9-4-2-6-11(16)13(9)15/h2-7H,8H2,1H3. The second-order valence-electron chi connectivity index (χ2n) is 3.87. The van der Waals surface area contributed by atoms with E-state index in [1.165, 1.54) is 25.4 Å². The number of Topliss-reactive ketones (excluding diaryl/α,β-unsaturated/α-hetero) is 1. The van der Waals surface area contributed by atoms with Gasteiger partial charge in [-0.2, -0.15) is 0 Å². The van der Waals surface area contributed by atoms with Crippen molar-refractivity contribution in [2.75, 3.05) is 7.11 Å². The number of pyridine rings is 1. The van der Waals surface area contributed by atoms with Crippen LogP contribution in [0.15, 0.2) is 36.5 Å². The lowest BCUT2D eigenvalue weighted by Gasteiger charge is -2.07. The molecule has 0 fully saturated rings. The Morgan fingerprint density at radius 2 is 2.16 bits per heavy atom. The molecular weight excluding hydrogens is 269 g/mol. The van der Waals surface area contributed by atoms with E-state index in [4.69, 9.17) is 16.3 Å². The van der Waals surface area contributed by atoms with E-state index in [0.29, 0.717) is 11.1 Å². The molecule has 5 heteroatoms. The van der Waals surface area contributed by atoms with Crippen LogP contribution in [0.4, 0.5) is 4.39 Å². The van der Waals surface area contributed by atoms with Crippen molar-refractivity contribution >= 4 is 17.4 Å². The number of benzene rings is 1. The van der Waals surface area contributed by atoms with Crippen molar-refractivity contribution in [3.05, 3.63) is 58.5 Å². The highest BCUT2D eigenvalue weighted by Gasteiger charge is 2.16. The number of aromatic nitrogens is 1. The van der Waals surface area contributed by atoms with E-state index < -0.39 is 5.82 Å². The molecule has 0 N–H and O–H groups in total. The monoisotopic (exact) mass is 279 g/mol. The molecule has 0 amide bonds. The molecule has 0 spiro atoms. The maximum atomic E-state index is 13.3. The maximum Gasteiger partial charge on any atom is 0.224 e. The van der Waals surface area contributed by atoms with E-state index >= 15 is 0 Å². The van der Waals surface area contributed by atoms with Crippen LogP contribution in [0.3, 0.4) is 0 Å². The topological polar surface area (TPSA) is 39.2 Å². The molecule has 1 aromatic carbocycles. The first-order chi connectivity index (χ1) is 9.13. The summed E-state index contributed by atoms with van der Waals surface area (Å²) in [6.07, 6.45) is 1.53. The predicted molar refractivity (Wildman–Crippen MR) is 70.2 cm³/mol. The molecule has 1 heterocycles. The van der Waals surface area contributed by atoms with Gasteiger partial charge in [-0.3, -0.25) is 4.79 Å². The summed E-state index contributed by atoms with van der Waals surface area (Å²) < 4.78 is 18.3. The highest BCUT2D eigenvalue weighted by Crippen LogP contribution is 2.23.